The molecule has 2 aromatic rings. The number of carboxylic acid groups (broad SMARTS) is 1. The summed E-state index contributed by atoms with van der Waals surface area (Å²) >= 11 is 0. The van der Waals surface area contributed by atoms with Crippen LogP contribution < -0.4 is 10.6 Å². The second-order valence-electron chi connectivity index (χ2n) is 6.26. The quantitative estimate of drug-likeness (QED) is 0.677. The first kappa shape index (κ1) is 18.5. The molecule has 0 bridgehead atoms. The number of hydrogen-bond donors (Lipinski definition) is 3. The molecular formula is C19H16F2N2O4. The summed E-state index contributed by atoms with van der Waals surface area (Å²) in [5, 5.41) is 13.3. The van der Waals surface area contributed by atoms with Crippen molar-refractivity contribution < 1.29 is 28.3 Å². The van der Waals surface area contributed by atoms with Crippen molar-refractivity contribution in [2.24, 2.45) is 0 Å². The van der Waals surface area contributed by atoms with E-state index in [2.05, 4.69) is 10.6 Å². The van der Waals surface area contributed by atoms with Gasteiger partial charge >= 0.3 is 12.0 Å². The molecule has 140 valence electrons. The maximum absolute atomic E-state index is 14.2. The minimum atomic E-state index is -1.77. The highest BCUT2D eigenvalue weighted by molar-refractivity contribution is 6.09. The van der Waals surface area contributed by atoms with Gasteiger partial charge < -0.3 is 10.4 Å². The standard InChI is InChI=1S/C19H16F2N2O4/c20-14-5-2-4-12(9-14)19(17(26)22-18(27)23-19)13-7-11(8-15(21)10-13)3-1-6-16(24)25/h2,4-5,7-10H,1,3,6H2,(H,24,25)(H2,22,23,26,27). The summed E-state index contributed by atoms with van der Waals surface area (Å²) in [4.78, 5) is 35.1. The minimum absolute atomic E-state index is 0.0852. The van der Waals surface area contributed by atoms with Gasteiger partial charge in [-0.3, -0.25) is 14.9 Å². The topological polar surface area (TPSA) is 95.5 Å². The van der Waals surface area contributed by atoms with Crippen molar-refractivity contribution in [2.75, 3.05) is 0 Å². The lowest BCUT2D eigenvalue weighted by Gasteiger charge is -2.28. The Hall–Kier alpha value is -3.29. The van der Waals surface area contributed by atoms with Crippen LogP contribution in [0.15, 0.2) is 42.5 Å². The van der Waals surface area contributed by atoms with Crippen molar-refractivity contribution in [3.8, 4) is 0 Å². The molecule has 1 heterocycles. The van der Waals surface area contributed by atoms with Crippen LogP contribution in [0.25, 0.3) is 0 Å². The SMILES string of the molecule is O=C(O)CCCc1cc(F)cc(C2(c3cccc(F)c3)NC(=O)NC2=O)c1. The van der Waals surface area contributed by atoms with Gasteiger partial charge in [-0.25, -0.2) is 13.6 Å². The molecule has 0 radical (unpaired) electrons. The Morgan fingerprint density at radius 3 is 2.41 bits per heavy atom. The van der Waals surface area contributed by atoms with Gasteiger partial charge in [-0.1, -0.05) is 18.2 Å². The van der Waals surface area contributed by atoms with Gasteiger partial charge in [0.05, 0.1) is 0 Å². The largest absolute Gasteiger partial charge is 0.481 e. The monoisotopic (exact) mass is 374 g/mol. The van der Waals surface area contributed by atoms with Crippen LogP contribution in [-0.4, -0.2) is 23.0 Å². The lowest BCUT2D eigenvalue weighted by Crippen LogP contribution is -2.45. The first-order valence-electron chi connectivity index (χ1n) is 8.22. The normalized spacial score (nSPS) is 18.9. The van der Waals surface area contributed by atoms with Crippen molar-refractivity contribution in [3.05, 3.63) is 70.8 Å². The average molecular weight is 374 g/mol. The van der Waals surface area contributed by atoms with E-state index in [0.717, 1.165) is 12.1 Å². The van der Waals surface area contributed by atoms with Gasteiger partial charge in [-0.2, -0.15) is 0 Å². The van der Waals surface area contributed by atoms with E-state index in [4.69, 9.17) is 5.11 Å². The number of amides is 3. The highest BCUT2D eigenvalue weighted by atomic mass is 19.1. The van der Waals surface area contributed by atoms with E-state index in [9.17, 15) is 23.2 Å². The zero-order valence-corrected chi connectivity index (χ0v) is 14.1. The Bertz CT molecular complexity index is 932. The number of halogens is 2. The number of benzene rings is 2. The number of carboxylic acids is 1. The zero-order valence-electron chi connectivity index (χ0n) is 14.1. The first-order valence-corrected chi connectivity index (χ1v) is 8.22. The summed E-state index contributed by atoms with van der Waals surface area (Å²) in [7, 11) is 0. The van der Waals surface area contributed by atoms with E-state index in [0.29, 0.717) is 5.56 Å². The summed E-state index contributed by atoms with van der Waals surface area (Å²) in [5.74, 6) is -2.98. The van der Waals surface area contributed by atoms with E-state index in [1.54, 1.807) is 0 Å². The Kier molecular flexibility index (Phi) is 4.89. The number of rotatable bonds is 6. The molecule has 2 aromatic carbocycles. The van der Waals surface area contributed by atoms with E-state index < -0.39 is 35.1 Å². The molecule has 1 saturated heterocycles. The van der Waals surface area contributed by atoms with Gasteiger partial charge in [0.15, 0.2) is 5.54 Å². The number of carbonyl (C=O) groups excluding carboxylic acids is 2. The Morgan fingerprint density at radius 2 is 1.78 bits per heavy atom. The van der Waals surface area contributed by atoms with Crippen molar-refractivity contribution in [3.63, 3.8) is 0 Å². The molecule has 8 heteroatoms. The Balaban J connectivity index is 2.08. The van der Waals surface area contributed by atoms with Crippen molar-refractivity contribution in [1.29, 1.82) is 0 Å². The van der Waals surface area contributed by atoms with Gasteiger partial charge in [-0.05, 0) is 53.8 Å². The number of aliphatic carboxylic acids is 1. The highest BCUT2D eigenvalue weighted by Gasteiger charge is 2.49. The minimum Gasteiger partial charge on any atom is -0.481 e. The molecule has 3 rings (SSSR count). The smallest absolute Gasteiger partial charge is 0.322 e. The van der Waals surface area contributed by atoms with Gasteiger partial charge in [-0.15, -0.1) is 0 Å². The predicted molar refractivity (Wildman–Crippen MR) is 90.8 cm³/mol. The third kappa shape index (κ3) is 3.64. The summed E-state index contributed by atoms with van der Waals surface area (Å²) in [5.41, 5.74) is -1.03. The van der Waals surface area contributed by atoms with Gasteiger partial charge in [0.25, 0.3) is 5.91 Å². The van der Waals surface area contributed by atoms with E-state index in [-0.39, 0.29) is 30.4 Å². The molecule has 1 aliphatic heterocycles. The molecule has 0 aromatic heterocycles. The number of hydrogen-bond acceptors (Lipinski definition) is 3. The number of aryl methyl sites for hydroxylation is 1. The molecule has 1 aliphatic rings. The first-order chi connectivity index (χ1) is 12.8. The van der Waals surface area contributed by atoms with Crippen LogP contribution in [-0.2, 0) is 21.5 Å². The van der Waals surface area contributed by atoms with E-state index >= 15 is 0 Å². The Labute approximate surface area is 153 Å². The van der Waals surface area contributed by atoms with Gasteiger partial charge in [0.1, 0.15) is 11.6 Å². The number of nitrogens with one attached hydrogen (secondary N) is 2. The molecule has 27 heavy (non-hydrogen) atoms. The highest BCUT2D eigenvalue weighted by Crippen LogP contribution is 2.34. The maximum atomic E-state index is 14.2. The number of carbonyl (C=O) groups is 3. The van der Waals surface area contributed by atoms with Crippen molar-refractivity contribution in [1.82, 2.24) is 10.6 Å². The van der Waals surface area contributed by atoms with Crippen molar-refractivity contribution >= 4 is 17.9 Å². The van der Waals surface area contributed by atoms with Crippen molar-refractivity contribution in [2.45, 2.75) is 24.8 Å². The number of imide groups is 1. The maximum Gasteiger partial charge on any atom is 0.322 e. The molecular weight excluding hydrogens is 358 g/mol. The third-order valence-corrected chi connectivity index (χ3v) is 4.37. The van der Waals surface area contributed by atoms with Crippen LogP contribution in [0.1, 0.15) is 29.5 Å². The molecule has 1 unspecified atom stereocenters. The van der Waals surface area contributed by atoms with Crippen LogP contribution in [0, 0.1) is 11.6 Å². The van der Waals surface area contributed by atoms with Crippen LogP contribution >= 0.6 is 0 Å². The lowest BCUT2D eigenvalue weighted by atomic mass is 9.81. The van der Waals surface area contributed by atoms with Crippen LogP contribution in [0.5, 0.6) is 0 Å². The second-order valence-corrected chi connectivity index (χ2v) is 6.26. The van der Waals surface area contributed by atoms with Crippen LogP contribution in [0.3, 0.4) is 0 Å². The summed E-state index contributed by atoms with van der Waals surface area (Å²) < 4.78 is 28.0. The van der Waals surface area contributed by atoms with E-state index in [1.165, 1.54) is 30.3 Å². The van der Waals surface area contributed by atoms with Crippen LogP contribution in [0.4, 0.5) is 13.6 Å². The molecule has 6 nitrogen and oxygen atoms in total. The fraction of sp³-hybridized carbons (Fsp3) is 0.211. The summed E-state index contributed by atoms with van der Waals surface area (Å²) in [6.45, 7) is 0. The van der Waals surface area contributed by atoms with Crippen LogP contribution in [0.2, 0.25) is 0 Å². The number of urea groups is 1. The Morgan fingerprint density at radius 1 is 1.04 bits per heavy atom. The molecule has 1 atom stereocenters. The van der Waals surface area contributed by atoms with Gasteiger partial charge in [0, 0.05) is 6.42 Å². The summed E-state index contributed by atoms with van der Waals surface area (Å²) in [6.07, 6.45) is 0.466. The average Bonchev–Trinajstić information content (AvgIpc) is 2.89. The molecule has 3 amide bonds. The fourth-order valence-corrected chi connectivity index (χ4v) is 3.21. The molecule has 0 saturated carbocycles. The molecule has 3 N–H and O–H groups in total. The van der Waals surface area contributed by atoms with Gasteiger partial charge in [0.2, 0.25) is 0 Å². The molecule has 0 spiro atoms. The second kappa shape index (κ2) is 7.14. The third-order valence-electron chi connectivity index (χ3n) is 4.37. The van der Waals surface area contributed by atoms with E-state index in [1.807, 2.05) is 0 Å². The fourth-order valence-electron chi connectivity index (χ4n) is 3.21. The predicted octanol–water partition coefficient (Wildman–Crippen LogP) is 2.46. The summed E-state index contributed by atoms with van der Waals surface area (Å²) in [6, 6.07) is 8.20. The molecule has 1 fully saturated rings. The zero-order chi connectivity index (χ0) is 19.6. The lowest BCUT2D eigenvalue weighted by molar-refractivity contribution is -0.137. The molecule has 0 aliphatic carbocycles.